The van der Waals surface area contributed by atoms with E-state index in [9.17, 15) is 9.18 Å². The van der Waals surface area contributed by atoms with E-state index in [4.69, 9.17) is 4.74 Å². The Morgan fingerprint density at radius 3 is 2.45 bits per heavy atom. The summed E-state index contributed by atoms with van der Waals surface area (Å²) in [6, 6.07) is 11.7. The predicted octanol–water partition coefficient (Wildman–Crippen LogP) is 3.63. The smallest absolute Gasteiger partial charge is 0.259 e. The van der Waals surface area contributed by atoms with Gasteiger partial charge in [0.15, 0.2) is 0 Å². The van der Waals surface area contributed by atoms with Gasteiger partial charge in [-0.15, -0.1) is 0 Å². The van der Waals surface area contributed by atoms with Crippen molar-refractivity contribution in [3.8, 4) is 5.75 Å². The van der Waals surface area contributed by atoms with Crippen molar-refractivity contribution >= 4 is 17.3 Å². The molecule has 6 nitrogen and oxygen atoms in total. The molecule has 0 radical (unpaired) electrons. The molecule has 29 heavy (non-hydrogen) atoms. The average molecular weight is 400 g/mol. The zero-order valence-corrected chi connectivity index (χ0v) is 17.5. The maximum atomic E-state index is 12.9. The summed E-state index contributed by atoms with van der Waals surface area (Å²) in [5.41, 5.74) is 5.90. The van der Waals surface area contributed by atoms with Crippen LogP contribution in [0.15, 0.2) is 47.6 Å². The van der Waals surface area contributed by atoms with E-state index < -0.39 is 0 Å². The van der Waals surface area contributed by atoms with Crippen molar-refractivity contribution in [2.75, 3.05) is 32.1 Å². The summed E-state index contributed by atoms with van der Waals surface area (Å²) < 4.78 is 18.4. The van der Waals surface area contributed by atoms with Gasteiger partial charge in [0.05, 0.1) is 19.4 Å². The van der Waals surface area contributed by atoms with Crippen LogP contribution < -0.4 is 15.5 Å². The fourth-order valence-electron chi connectivity index (χ4n) is 2.82. The number of methoxy groups -OCH3 is 1. The van der Waals surface area contributed by atoms with Crippen LogP contribution in [0.1, 0.15) is 31.9 Å². The molecule has 2 N–H and O–H groups in total. The lowest BCUT2D eigenvalue weighted by molar-refractivity contribution is -0.119. The van der Waals surface area contributed by atoms with Crippen LogP contribution in [0.5, 0.6) is 5.75 Å². The van der Waals surface area contributed by atoms with Gasteiger partial charge in [0.1, 0.15) is 11.6 Å². The van der Waals surface area contributed by atoms with Crippen LogP contribution >= 0.6 is 0 Å². The van der Waals surface area contributed by atoms with Crippen molar-refractivity contribution in [3.05, 3.63) is 59.4 Å². The molecule has 0 saturated carbocycles. The molecule has 2 aromatic rings. The van der Waals surface area contributed by atoms with Gasteiger partial charge in [-0.3, -0.25) is 9.69 Å². The fraction of sp³-hybridized carbons (Fsp3) is 0.364. The summed E-state index contributed by atoms with van der Waals surface area (Å²) in [6.45, 7) is 8.83. The molecule has 0 aliphatic heterocycles. The number of carbonyl (C=O) groups excluding carboxylic acids is 1. The monoisotopic (exact) mass is 400 g/mol. The SMILES string of the molecule is CCN(CC)Cc1cc(/C(C)=N/NC(=O)CNc2ccc(F)cc2)ccc1OC. The first-order valence-electron chi connectivity index (χ1n) is 9.69. The lowest BCUT2D eigenvalue weighted by Gasteiger charge is -2.20. The molecule has 1 amide bonds. The molecule has 0 spiro atoms. The number of hydrazone groups is 1. The maximum Gasteiger partial charge on any atom is 0.259 e. The second kappa shape index (κ2) is 11.2. The number of rotatable bonds is 10. The highest BCUT2D eigenvalue weighted by molar-refractivity contribution is 5.99. The van der Waals surface area contributed by atoms with E-state index in [1.165, 1.54) is 12.1 Å². The number of benzene rings is 2. The van der Waals surface area contributed by atoms with Gasteiger partial charge in [0, 0.05) is 17.8 Å². The van der Waals surface area contributed by atoms with Gasteiger partial charge < -0.3 is 10.1 Å². The molecular weight excluding hydrogens is 371 g/mol. The number of amides is 1. The number of ether oxygens (including phenoxy) is 1. The Kier molecular flexibility index (Phi) is 8.61. The van der Waals surface area contributed by atoms with Crippen molar-refractivity contribution in [3.63, 3.8) is 0 Å². The highest BCUT2D eigenvalue weighted by Crippen LogP contribution is 2.22. The Morgan fingerprint density at radius 2 is 1.83 bits per heavy atom. The molecule has 156 valence electrons. The van der Waals surface area contributed by atoms with Crippen LogP contribution in [0.2, 0.25) is 0 Å². The van der Waals surface area contributed by atoms with Crippen LogP contribution in [0, 0.1) is 5.82 Å². The normalized spacial score (nSPS) is 11.4. The Bertz CT molecular complexity index is 833. The molecule has 0 heterocycles. The summed E-state index contributed by atoms with van der Waals surface area (Å²) in [5.74, 6) is 0.228. The molecule has 2 rings (SSSR count). The maximum absolute atomic E-state index is 12.9. The van der Waals surface area contributed by atoms with Crippen molar-refractivity contribution in [2.45, 2.75) is 27.3 Å². The molecule has 2 aromatic carbocycles. The molecular formula is C22H29FN4O2. The first-order chi connectivity index (χ1) is 14.0. The highest BCUT2D eigenvalue weighted by atomic mass is 19.1. The molecule has 0 bridgehead atoms. The van der Waals surface area contributed by atoms with E-state index >= 15 is 0 Å². The van der Waals surface area contributed by atoms with Gasteiger partial charge in [-0.2, -0.15) is 5.10 Å². The van der Waals surface area contributed by atoms with Crippen molar-refractivity contribution < 1.29 is 13.9 Å². The van der Waals surface area contributed by atoms with Crippen LogP contribution in [0.3, 0.4) is 0 Å². The number of nitrogens with one attached hydrogen (secondary N) is 2. The lowest BCUT2D eigenvalue weighted by Crippen LogP contribution is -2.26. The average Bonchev–Trinajstić information content (AvgIpc) is 2.75. The third kappa shape index (κ3) is 6.87. The number of hydrogen-bond donors (Lipinski definition) is 2. The largest absolute Gasteiger partial charge is 0.496 e. The minimum absolute atomic E-state index is 0.0399. The molecule has 0 saturated heterocycles. The molecule has 0 aliphatic rings. The number of carbonyl (C=O) groups is 1. The van der Waals surface area contributed by atoms with Crippen LogP contribution in [0.4, 0.5) is 10.1 Å². The van der Waals surface area contributed by atoms with Gasteiger partial charge >= 0.3 is 0 Å². The molecule has 0 aliphatic carbocycles. The first kappa shape index (κ1) is 22.4. The number of halogens is 1. The fourth-order valence-corrected chi connectivity index (χ4v) is 2.82. The molecule has 0 atom stereocenters. The van der Waals surface area contributed by atoms with Gasteiger partial charge in [-0.1, -0.05) is 13.8 Å². The second-order valence-electron chi connectivity index (χ2n) is 6.58. The number of nitrogens with zero attached hydrogens (tertiary/aromatic N) is 2. The van der Waals surface area contributed by atoms with E-state index in [2.05, 4.69) is 34.6 Å². The highest BCUT2D eigenvalue weighted by Gasteiger charge is 2.10. The third-order valence-electron chi connectivity index (χ3n) is 4.63. The number of hydrogen-bond acceptors (Lipinski definition) is 5. The topological polar surface area (TPSA) is 66.0 Å². The van der Waals surface area contributed by atoms with E-state index in [0.29, 0.717) is 11.4 Å². The summed E-state index contributed by atoms with van der Waals surface area (Å²) in [7, 11) is 1.66. The lowest BCUT2D eigenvalue weighted by atomic mass is 10.1. The van der Waals surface area contributed by atoms with Crippen LogP contribution in [-0.4, -0.2) is 43.3 Å². The Balaban J connectivity index is 2.00. The summed E-state index contributed by atoms with van der Waals surface area (Å²) in [5, 5.41) is 7.12. The second-order valence-corrected chi connectivity index (χ2v) is 6.58. The van der Waals surface area contributed by atoms with Gasteiger partial charge in [0.2, 0.25) is 0 Å². The van der Waals surface area contributed by atoms with Crippen molar-refractivity contribution in [2.24, 2.45) is 5.10 Å². The van der Waals surface area contributed by atoms with Crippen LogP contribution in [0.25, 0.3) is 0 Å². The summed E-state index contributed by atoms with van der Waals surface area (Å²) in [6.07, 6.45) is 0. The minimum atomic E-state index is -0.319. The van der Waals surface area contributed by atoms with Crippen molar-refractivity contribution in [1.82, 2.24) is 10.3 Å². The zero-order chi connectivity index (χ0) is 21.2. The Morgan fingerprint density at radius 1 is 1.14 bits per heavy atom. The van der Waals surface area contributed by atoms with Crippen molar-refractivity contribution in [1.29, 1.82) is 0 Å². The molecule has 7 heteroatoms. The number of anilines is 1. The van der Waals surface area contributed by atoms with E-state index in [1.54, 1.807) is 19.2 Å². The van der Waals surface area contributed by atoms with Gasteiger partial charge in [0.25, 0.3) is 5.91 Å². The zero-order valence-electron chi connectivity index (χ0n) is 17.5. The Labute approximate surface area is 171 Å². The standard InChI is InChI=1S/C22H29FN4O2/c1-5-27(6-2)15-18-13-17(7-12-21(18)29-4)16(3)25-26-22(28)14-24-20-10-8-19(23)9-11-20/h7-13,24H,5-6,14-15H2,1-4H3,(H,26,28)/b25-16+. The van der Waals surface area contributed by atoms with Gasteiger partial charge in [-0.25, -0.2) is 9.82 Å². The third-order valence-corrected chi connectivity index (χ3v) is 4.63. The Hall–Kier alpha value is -2.93. The minimum Gasteiger partial charge on any atom is -0.496 e. The van der Waals surface area contributed by atoms with E-state index in [0.717, 1.165) is 36.5 Å². The first-order valence-corrected chi connectivity index (χ1v) is 9.69. The molecule has 0 aromatic heterocycles. The molecule has 0 unspecified atom stereocenters. The van der Waals surface area contributed by atoms with Crippen LogP contribution in [-0.2, 0) is 11.3 Å². The summed E-state index contributed by atoms with van der Waals surface area (Å²) in [4.78, 5) is 14.3. The van der Waals surface area contributed by atoms with E-state index in [1.807, 2.05) is 25.1 Å². The van der Waals surface area contributed by atoms with Gasteiger partial charge in [-0.05, 0) is 68.0 Å². The quantitative estimate of drug-likeness (QED) is 0.472. The molecule has 0 fully saturated rings. The summed E-state index contributed by atoms with van der Waals surface area (Å²) >= 11 is 0. The van der Waals surface area contributed by atoms with E-state index in [-0.39, 0.29) is 18.3 Å². The predicted molar refractivity (Wildman–Crippen MR) is 115 cm³/mol.